The summed E-state index contributed by atoms with van der Waals surface area (Å²) in [6, 6.07) is 9.05. The maximum absolute atomic E-state index is 13.8. The first-order chi connectivity index (χ1) is 11.2. The Balaban J connectivity index is 1.65. The van der Waals surface area contributed by atoms with Crippen molar-refractivity contribution < 1.29 is 13.9 Å². The van der Waals surface area contributed by atoms with Gasteiger partial charge in [-0.25, -0.2) is 9.18 Å². The lowest BCUT2D eigenvalue weighted by molar-refractivity contribution is 0.0601. The van der Waals surface area contributed by atoms with Crippen molar-refractivity contribution in [3.05, 3.63) is 54.1 Å². The fourth-order valence-corrected chi connectivity index (χ4v) is 2.76. The first kappa shape index (κ1) is 15.3. The van der Waals surface area contributed by atoms with Gasteiger partial charge < -0.3 is 14.5 Å². The number of halogens is 1. The summed E-state index contributed by atoms with van der Waals surface area (Å²) in [5.41, 5.74) is 2.18. The highest BCUT2D eigenvalue weighted by Gasteiger charge is 2.19. The molecule has 6 heteroatoms. The van der Waals surface area contributed by atoms with Gasteiger partial charge in [0.15, 0.2) is 5.82 Å². The average molecular weight is 315 g/mol. The fraction of sp³-hybridized carbons (Fsp3) is 0.294. The van der Waals surface area contributed by atoms with Crippen LogP contribution in [0.4, 0.5) is 15.8 Å². The number of rotatable bonds is 3. The zero-order valence-corrected chi connectivity index (χ0v) is 12.9. The molecule has 3 rings (SSSR count). The summed E-state index contributed by atoms with van der Waals surface area (Å²) in [6.45, 7) is 3.05. The van der Waals surface area contributed by atoms with Gasteiger partial charge in [-0.05, 0) is 30.3 Å². The van der Waals surface area contributed by atoms with Crippen molar-refractivity contribution in [1.29, 1.82) is 0 Å². The number of nitrogens with zero attached hydrogens (tertiary/aromatic N) is 3. The number of carbonyl (C=O) groups is 1. The number of ether oxygens (including phenoxy) is 1. The van der Waals surface area contributed by atoms with Gasteiger partial charge in [0, 0.05) is 38.1 Å². The molecule has 5 nitrogen and oxygen atoms in total. The first-order valence-electron chi connectivity index (χ1n) is 7.47. The summed E-state index contributed by atoms with van der Waals surface area (Å²) < 4.78 is 18.5. The van der Waals surface area contributed by atoms with Gasteiger partial charge in [-0.1, -0.05) is 0 Å². The van der Waals surface area contributed by atoms with Gasteiger partial charge in [0.2, 0.25) is 0 Å². The molecule has 0 bridgehead atoms. The largest absolute Gasteiger partial charge is 0.465 e. The second kappa shape index (κ2) is 6.64. The average Bonchev–Trinajstić information content (AvgIpc) is 2.62. The minimum absolute atomic E-state index is 0.289. The lowest BCUT2D eigenvalue weighted by Crippen LogP contribution is -2.46. The predicted octanol–water partition coefficient (Wildman–Crippen LogP) is 2.33. The molecule has 2 aromatic rings. The fourth-order valence-electron chi connectivity index (χ4n) is 2.76. The molecule has 0 radical (unpaired) electrons. The van der Waals surface area contributed by atoms with Crippen LogP contribution >= 0.6 is 0 Å². The number of pyridine rings is 1. The molecular weight excluding hydrogens is 297 g/mol. The van der Waals surface area contributed by atoms with Crippen molar-refractivity contribution in [3.63, 3.8) is 0 Å². The van der Waals surface area contributed by atoms with E-state index in [0.29, 0.717) is 11.3 Å². The topological polar surface area (TPSA) is 45.7 Å². The van der Waals surface area contributed by atoms with Crippen molar-refractivity contribution in [2.24, 2.45) is 0 Å². The molecular formula is C17H18FN3O2. The highest BCUT2D eigenvalue weighted by Crippen LogP contribution is 2.22. The number of hydrogen-bond acceptors (Lipinski definition) is 5. The molecule has 0 aliphatic carbocycles. The molecule has 1 aromatic heterocycles. The van der Waals surface area contributed by atoms with Gasteiger partial charge in [-0.2, -0.15) is 0 Å². The minimum Gasteiger partial charge on any atom is -0.465 e. The quantitative estimate of drug-likeness (QED) is 0.814. The third kappa shape index (κ3) is 3.26. The summed E-state index contributed by atoms with van der Waals surface area (Å²) in [6.07, 6.45) is 2.85. The third-order valence-corrected chi connectivity index (χ3v) is 4.02. The third-order valence-electron chi connectivity index (χ3n) is 4.02. The van der Waals surface area contributed by atoms with Crippen molar-refractivity contribution in [1.82, 2.24) is 4.98 Å². The van der Waals surface area contributed by atoms with Crippen molar-refractivity contribution >= 4 is 17.3 Å². The number of anilines is 2. The SMILES string of the molecule is COC(=O)c1ccc(N2CCN(c3ccncc3F)CC2)cc1. The Labute approximate surface area is 134 Å². The molecule has 0 unspecified atom stereocenters. The molecule has 2 heterocycles. The summed E-state index contributed by atoms with van der Waals surface area (Å²) >= 11 is 0. The molecule has 1 aromatic carbocycles. The number of benzene rings is 1. The Morgan fingerprint density at radius 3 is 2.35 bits per heavy atom. The van der Waals surface area contributed by atoms with Crippen LogP contribution in [-0.4, -0.2) is 44.2 Å². The van der Waals surface area contributed by atoms with Crippen LogP contribution in [0, 0.1) is 5.82 Å². The molecule has 0 N–H and O–H groups in total. The van der Waals surface area contributed by atoms with E-state index in [0.717, 1.165) is 31.9 Å². The van der Waals surface area contributed by atoms with Crippen molar-refractivity contribution in [3.8, 4) is 0 Å². The molecule has 1 aliphatic rings. The van der Waals surface area contributed by atoms with Gasteiger partial charge in [0.25, 0.3) is 0 Å². The maximum atomic E-state index is 13.8. The molecule has 0 spiro atoms. The summed E-state index contributed by atoms with van der Waals surface area (Å²) in [4.78, 5) is 19.5. The van der Waals surface area contributed by atoms with Crippen molar-refractivity contribution in [2.45, 2.75) is 0 Å². The van der Waals surface area contributed by atoms with E-state index in [-0.39, 0.29) is 11.8 Å². The monoisotopic (exact) mass is 315 g/mol. The first-order valence-corrected chi connectivity index (χ1v) is 7.47. The smallest absolute Gasteiger partial charge is 0.337 e. The van der Waals surface area contributed by atoms with Crippen LogP contribution < -0.4 is 9.80 Å². The molecule has 23 heavy (non-hydrogen) atoms. The lowest BCUT2D eigenvalue weighted by Gasteiger charge is -2.37. The van der Waals surface area contributed by atoms with Gasteiger partial charge in [0.1, 0.15) is 0 Å². The molecule has 0 saturated carbocycles. The maximum Gasteiger partial charge on any atom is 0.337 e. The highest BCUT2D eigenvalue weighted by atomic mass is 19.1. The summed E-state index contributed by atoms with van der Waals surface area (Å²) in [5, 5.41) is 0. The molecule has 0 amide bonds. The Bertz CT molecular complexity index is 682. The normalized spacial score (nSPS) is 14.7. The van der Waals surface area contributed by atoms with E-state index in [1.807, 2.05) is 17.0 Å². The van der Waals surface area contributed by atoms with E-state index in [1.54, 1.807) is 24.4 Å². The van der Waals surface area contributed by atoms with Crippen LogP contribution in [0.5, 0.6) is 0 Å². The Morgan fingerprint density at radius 1 is 1.09 bits per heavy atom. The van der Waals surface area contributed by atoms with Crippen molar-refractivity contribution in [2.75, 3.05) is 43.1 Å². The number of aromatic nitrogens is 1. The van der Waals surface area contributed by atoms with E-state index < -0.39 is 0 Å². The second-order valence-electron chi connectivity index (χ2n) is 5.34. The summed E-state index contributed by atoms with van der Waals surface area (Å²) in [5.74, 6) is -0.627. The van der Waals surface area contributed by atoms with E-state index in [4.69, 9.17) is 4.74 Å². The number of methoxy groups -OCH3 is 1. The zero-order valence-electron chi connectivity index (χ0n) is 12.9. The standard InChI is InChI=1S/C17H18FN3O2/c1-23-17(22)13-2-4-14(5-3-13)20-8-10-21(11-9-20)16-6-7-19-12-15(16)18/h2-7,12H,8-11H2,1H3. The Hall–Kier alpha value is -2.63. The van der Waals surface area contributed by atoms with Gasteiger partial charge in [-0.3, -0.25) is 4.98 Å². The molecule has 120 valence electrons. The molecule has 0 atom stereocenters. The second-order valence-corrected chi connectivity index (χ2v) is 5.34. The van der Waals surface area contributed by atoms with E-state index in [2.05, 4.69) is 9.88 Å². The number of carbonyl (C=O) groups excluding carboxylic acids is 1. The summed E-state index contributed by atoms with van der Waals surface area (Å²) in [7, 11) is 1.37. The number of piperazine rings is 1. The predicted molar refractivity (Wildman–Crippen MR) is 86.4 cm³/mol. The molecule has 1 aliphatic heterocycles. The van der Waals surface area contributed by atoms with E-state index in [1.165, 1.54) is 13.3 Å². The van der Waals surface area contributed by atoms with Gasteiger partial charge in [-0.15, -0.1) is 0 Å². The van der Waals surface area contributed by atoms with Gasteiger partial charge in [0.05, 0.1) is 24.6 Å². The van der Waals surface area contributed by atoms with Gasteiger partial charge >= 0.3 is 5.97 Å². The van der Waals surface area contributed by atoms with Crippen LogP contribution in [0.25, 0.3) is 0 Å². The van der Waals surface area contributed by atoms with Crippen LogP contribution in [0.2, 0.25) is 0 Å². The lowest BCUT2D eigenvalue weighted by atomic mass is 10.1. The van der Waals surface area contributed by atoms with E-state index >= 15 is 0 Å². The number of esters is 1. The van der Waals surface area contributed by atoms with E-state index in [9.17, 15) is 9.18 Å². The Morgan fingerprint density at radius 2 is 1.74 bits per heavy atom. The van der Waals surface area contributed by atoms with Crippen LogP contribution in [0.15, 0.2) is 42.7 Å². The highest BCUT2D eigenvalue weighted by molar-refractivity contribution is 5.89. The minimum atomic E-state index is -0.338. The number of hydrogen-bond donors (Lipinski definition) is 0. The molecule has 1 saturated heterocycles. The Kier molecular flexibility index (Phi) is 4.41. The van der Waals surface area contributed by atoms with Crippen LogP contribution in [0.3, 0.4) is 0 Å². The molecule has 1 fully saturated rings. The van der Waals surface area contributed by atoms with Crippen LogP contribution in [-0.2, 0) is 4.74 Å². The van der Waals surface area contributed by atoms with Crippen LogP contribution in [0.1, 0.15) is 10.4 Å². The zero-order chi connectivity index (χ0) is 16.2.